The zero-order valence-electron chi connectivity index (χ0n) is 10.8. The van der Waals surface area contributed by atoms with Gasteiger partial charge in [0, 0.05) is 26.4 Å². The van der Waals surface area contributed by atoms with Gasteiger partial charge in [-0.3, -0.25) is 4.79 Å². The molecule has 5 nitrogen and oxygen atoms in total. The van der Waals surface area contributed by atoms with Crippen LogP contribution in [-0.4, -0.2) is 36.7 Å². The maximum atomic E-state index is 12.1. The number of rotatable bonds is 4. The van der Waals surface area contributed by atoms with Crippen molar-refractivity contribution in [1.29, 1.82) is 0 Å². The van der Waals surface area contributed by atoms with Crippen LogP contribution in [0.2, 0.25) is 0 Å². The third-order valence-electron chi connectivity index (χ3n) is 3.21. The molecule has 0 bridgehead atoms. The normalized spacial score (nSPS) is 22.8. The van der Waals surface area contributed by atoms with Gasteiger partial charge >= 0.3 is 0 Å². The van der Waals surface area contributed by atoms with Crippen LogP contribution in [0.25, 0.3) is 0 Å². The predicted octanol–water partition coefficient (Wildman–Crippen LogP) is 1.42. The number of carbonyl (C=O) groups excluding carboxylic acids is 1. The molecule has 0 aromatic carbocycles. The minimum atomic E-state index is -0.225. The standard InChI is InChI=1S/C13H19N3O2/c1-13(6-4-8-18-13)9-16-12(17)10-5-3-7-15-11(10)14-2/h3,5,7H,4,6,8-9H2,1-2H3,(H,14,15)(H,16,17). The third-order valence-corrected chi connectivity index (χ3v) is 3.21. The van der Waals surface area contributed by atoms with E-state index >= 15 is 0 Å². The second-order valence-corrected chi connectivity index (χ2v) is 4.73. The molecule has 2 heterocycles. The van der Waals surface area contributed by atoms with E-state index in [0.717, 1.165) is 19.4 Å². The van der Waals surface area contributed by atoms with E-state index in [9.17, 15) is 4.79 Å². The van der Waals surface area contributed by atoms with E-state index in [2.05, 4.69) is 15.6 Å². The first kappa shape index (κ1) is 12.8. The highest BCUT2D eigenvalue weighted by Gasteiger charge is 2.30. The Kier molecular flexibility index (Phi) is 3.81. The lowest BCUT2D eigenvalue weighted by molar-refractivity contribution is 0.0206. The maximum absolute atomic E-state index is 12.1. The molecule has 5 heteroatoms. The molecule has 98 valence electrons. The fourth-order valence-corrected chi connectivity index (χ4v) is 2.13. The summed E-state index contributed by atoms with van der Waals surface area (Å²) in [5, 5.41) is 5.82. The summed E-state index contributed by atoms with van der Waals surface area (Å²) >= 11 is 0. The lowest BCUT2D eigenvalue weighted by atomic mass is 10.0. The molecule has 1 aromatic heterocycles. The molecule has 1 unspecified atom stereocenters. The number of hydrogen-bond acceptors (Lipinski definition) is 4. The summed E-state index contributed by atoms with van der Waals surface area (Å²) in [4.78, 5) is 16.2. The Bertz CT molecular complexity index is 428. The van der Waals surface area contributed by atoms with Crippen molar-refractivity contribution in [1.82, 2.24) is 10.3 Å². The number of amides is 1. The molecule has 1 aromatic rings. The van der Waals surface area contributed by atoms with Crippen LogP contribution in [0.3, 0.4) is 0 Å². The summed E-state index contributed by atoms with van der Waals surface area (Å²) in [6.07, 6.45) is 3.70. The smallest absolute Gasteiger partial charge is 0.255 e. The van der Waals surface area contributed by atoms with E-state index in [4.69, 9.17) is 4.74 Å². The van der Waals surface area contributed by atoms with E-state index < -0.39 is 0 Å². The van der Waals surface area contributed by atoms with Gasteiger partial charge in [0.25, 0.3) is 5.91 Å². The van der Waals surface area contributed by atoms with Gasteiger partial charge in [0.15, 0.2) is 0 Å². The molecular weight excluding hydrogens is 230 g/mol. The fourth-order valence-electron chi connectivity index (χ4n) is 2.13. The largest absolute Gasteiger partial charge is 0.373 e. The van der Waals surface area contributed by atoms with Gasteiger partial charge in [0.1, 0.15) is 5.82 Å². The molecule has 0 spiro atoms. The van der Waals surface area contributed by atoms with Crippen molar-refractivity contribution >= 4 is 11.7 Å². The van der Waals surface area contributed by atoms with Crippen molar-refractivity contribution in [3.05, 3.63) is 23.9 Å². The van der Waals surface area contributed by atoms with Crippen LogP contribution in [0.15, 0.2) is 18.3 Å². The van der Waals surface area contributed by atoms with Crippen LogP contribution in [0, 0.1) is 0 Å². The Balaban J connectivity index is 1.99. The second kappa shape index (κ2) is 5.35. The molecular formula is C13H19N3O2. The minimum absolute atomic E-state index is 0.121. The zero-order chi connectivity index (χ0) is 13.0. The van der Waals surface area contributed by atoms with Crippen molar-refractivity contribution in [2.75, 3.05) is 25.5 Å². The van der Waals surface area contributed by atoms with Crippen LogP contribution in [0.5, 0.6) is 0 Å². The molecule has 2 N–H and O–H groups in total. The number of nitrogens with zero attached hydrogens (tertiary/aromatic N) is 1. The fraction of sp³-hybridized carbons (Fsp3) is 0.538. The average Bonchev–Trinajstić information content (AvgIpc) is 2.83. The van der Waals surface area contributed by atoms with E-state index in [1.54, 1.807) is 25.4 Å². The van der Waals surface area contributed by atoms with Gasteiger partial charge in [0.05, 0.1) is 11.2 Å². The van der Waals surface area contributed by atoms with E-state index in [1.807, 2.05) is 6.92 Å². The van der Waals surface area contributed by atoms with E-state index in [1.165, 1.54) is 0 Å². The van der Waals surface area contributed by atoms with Crippen molar-refractivity contribution < 1.29 is 9.53 Å². The first-order valence-electron chi connectivity index (χ1n) is 6.19. The van der Waals surface area contributed by atoms with Crippen molar-refractivity contribution in [2.45, 2.75) is 25.4 Å². The number of hydrogen-bond donors (Lipinski definition) is 2. The van der Waals surface area contributed by atoms with Crippen LogP contribution in [-0.2, 0) is 4.74 Å². The monoisotopic (exact) mass is 249 g/mol. The second-order valence-electron chi connectivity index (χ2n) is 4.73. The van der Waals surface area contributed by atoms with Crippen LogP contribution >= 0.6 is 0 Å². The Morgan fingerprint density at radius 1 is 1.61 bits per heavy atom. The Morgan fingerprint density at radius 2 is 2.44 bits per heavy atom. The lowest BCUT2D eigenvalue weighted by Gasteiger charge is -2.23. The van der Waals surface area contributed by atoms with Gasteiger partial charge in [-0.15, -0.1) is 0 Å². The van der Waals surface area contributed by atoms with E-state index in [0.29, 0.717) is 17.9 Å². The highest BCUT2D eigenvalue weighted by atomic mass is 16.5. The van der Waals surface area contributed by atoms with Crippen molar-refractivity contribution in [3.63, 3.8) is 0 Å². The summed E-state index contributed by atoms with van der Waals surface area (Å²) < 4.78 is 5.64. The Labute approximate surface area is 107 Å². The molecule has 0 aliphatic carbocycles. The molecule has 0 radical (unpaired) electrons. The van der Waals surface area contributed by atoms with Gasteiger partial charge in [-0.1, -0.05) is 0 Å². The average molecular weight is 249 g/mol. The topological polar surface area (TPSA) is 63.2 Å². The molecule has 1 aliphatic rings. The molecule has 1 aliphatic heterocycles. The number of pyridine rings is 1. The van der Waals surface area contributed by atoms with Gasteiger partial charge in [-0.2, -0.15) is 0 Å². The first-order chi connectivity index (χ1) is 8.64. The third kappa shape index (κ3) is 2.79. The zero-order valence-corrected chi connectivity index (χ0v) is 10.8. The Morgan fingerprint density at radius 3 is 3.11 bits per heavy atom. The predicted molar refractivity (Wildman–Crippen MR) is 69.7 cm³/mol. The maximum Gasteiger partial charge on any atom is 0.255 e. The van der Waals surface area contributed by atoms with Gasteiger partial charge < -0.3 is 15.4 Å². The molecule has 18 heavy (non-hydrogen) atoms. The van der Waals surface area contributed by atoms with Crippen LogP contribution in [0.4, 0.5) is 5.82 Å². The highest BCUT2D eigenvalue weighted by molar-refractivity contribution is 5.98. The summed E-state index contributed by atoms with van der Waals surface area (Å²) in [6, 6.07) is 3.51. The van der Waals surface area contributed by atoms with Crippen molar-refractivity contribution in [2.24, 2.45) is 0 Å². The lowest BCUT2D eigenvalue weighted by Crippen LogP contribution is -2.40. The summed E-state index contributed by atoms with van der Waals surface area (Å²) in [5.41, 5.74) is 0.333. The molecule has 1 atom stereocenters. The molecule has 2 rings (SSSR count). The number of nitrogens with one attached hydrogen (secondary N) is 2. The molecule has 1 fully saturated rings. The summed E-state index contributed by atoms with van der Waals surface area (Å²) in [6.45, 7) is 3.34. The van der Waals surface area contributed by atoms with Gasteiger partial charge in [-0.05, 0) is 31.9 Å². The van der Waals surface area contributed by atoms with E-state index in [-0.39, 0.29) is 11.5 Å². The number of ether oxygens (including phenoxy) is 1. The summed E-state index contributed by atoms with van der Waals surface area (Å²) in [5.74, 6) is 0.469. The molecule has 1 amide bonds. The SMILES string of the molecule is CNc1ncccc1C(=O)NCC1(C)CCCO1. The number of carbonyl (C=O) groups is 1. The van der Waals surface area contributed by atoms with Gasteiger partial charge in [-0.25, -0.2) is 4.98 Å². The first-order valence-corrected chi connectivity index (χ1v) is 6.19. The number of anilines is 1. The summed E-state index contributed by atoms with van der Waals surface area (Å²) in [7, 11) is 1.75. The minimum Gasteiger partial charge on any atom is -0.373 e. The van der Waals surface area contributed by atoms with Crippen LogP contribution in [0.1, 0.15) is 30.1 Å². The Hall–Kier alpha value is -1.62. The van der Waals surface area contributed by atoms with Crippen molar-refractivity contribution in [3.8, 4) is 0 Å². The molecule has 1 saturated heterocycles. The number of aromatic nitrogens is 1. The quantitative estimate of drug-likeness (QED) is 0.847. The highest BCUT2D eigenvalue weighted by Crippen LogP contribution is 2.24. The van der Waals surface area contributed by atoms with Crippen LogP contribution < -0.4 is 10.6 Å². The van der Waals surface area contributed by atoms with Gasteiger partial charge in [0.2, 0.25) is 0 Å². The molecule has 0 saturated carbocycles.